The van der Waals surface area contributed by atoms with Crippen molar-refractivity contribution in [1.29, 1.82) is 0 Å². The molecule has 0 aliphatic rings. The Kier molecular flexibility index (Phi) is 6.83. The Bertz CT molecular complexity index is 369. The van der Waals surface area contributed by atoms with E-state index in [9.17, 15) is 4.79 Å². The second-order valence-electron chi connectivity index (χ2n) is 3.99. The van der Waals surface area contributed by atoms with Gasteiger partial charge in [-0.2, -0.15) is 0 Å². The maximum atomic E-state index is 11.5. The van der Waals surface area contributed by atoms with Gasteiger partial charge in [-0.05, 0) is 24.6 Å². The summed E-state index contributed by atoms with van der Waals surface area (Å²) in [6.45, 7) is 4.77. The molecule has 0 saturated carbocycles. The maximum Gasteiger partial charge on any atom is 0.319 e. The lowest BCUT2D eigenvalue weighted by Crippen LogP contribution is -2.35. The second-order valence-corrected chi connectivity index (χ2v) is 3.99. The summed E-state index contributed by atoms with van der Waals surface area (Å²) in [4.78, 5) is 11.5. The van der Waals surface area contributed by atoms with Crippen molar-refractivity contribution >= 4 is 11.7 Å². The van der Waals surface area contributed by atoms with Gasteiger partial charge in [0.05, 0.1) is 6.61 Å². The SMILES string of the molecule is COCCNCCNC(=O)Nc1cccc(C)c1. The lowest BCUT2D eigenvalue weighted by atomic mass is 10.2. The van der Waals surface area contributed by atoms with Crippen molar-refractivity contribution in [1.82, 2.24) is 10.6 Å². The molecule has 5 nitrogen and oxygen atoms in total. The molecule has 3 N–H and O–H groups in total. The van der Waals surface area contributed by atoms with E-state index >= 15 is 0 Å². The van der Waals surface area contributed by atoms with Crippen LogP contribution < -0.4 is 16.0 Å². The van der Waals surface area contributed by atoms with Crippen molar-refractivity contribution in [3.8, 4) is 0 Å². The molecule has 0 heterocycles. The molecule has 0 bridgehead atoms. The minimum atomic E-state index is -0.186. The fourth-order valence-electron chi connectivity index (χ4n) is 1.46. The van der Waals surface area contributed by atoms with E-state index in [4.69, 9.17) is 4.74 Å². The van der Waals surface area contributed by atoms with Crippen LogP contribution in [-0.4, -0.2) is 39.4 Å². The first-order chi connectivity index (χ1) is 8.72. The molecule has 0 spiro atoms. The third-order valence-electron chi connectivity index (χ3n) is 2.35. The molecule has 1 aromatic rings. The molecule has 0 aliphatic carbocycles. The molecular formula is C13H21N3O2. The molecule has 18 heavy (non-hydrogen) atoms. The van der Waals surface area contributed by atoms with Crippen LogP contribution in [0, 0.1) is 6.92 Å². The van der Waals surface area contributed by atoms with E-state index in [2.05, 4.69) is 16.0 Å². The third-order valence-corrected chi connectivity index (χ3v) is 2.35. The molecule has 0 saturated heterocycles. The zero-order chi connectivity index (χ0) is 13.2. The Hall–Kier alpha value is -1.59. The molecule has 0 aliphatic heterocycles. The number of amides is 2. The van der Waals surface area contributed by atoms with Crippen LogP contribution >= 0.6 is 0 Å². The summed E-state index contributed by atoms with van der Waals surface area (Å²) in [5, 5.41) is 8.70. The predicted molar refractivity (Wildman–Crippen MR) is 72.9 cm³/mol. The summed E-state index contributed by atoms with van der Waals surface area (Å²) in [5.74, 6) is 0. The van der Waals surface area contributed by atoms with Crippen LogP contribution in [0.2, 0.25) is 0 Å². The molecule has 0 aromatic heterocycles. The van der Waals surface area contributed by atoms with E-state index in [1.807, 2.05) is 31.2 Å². The highest BCUT2D eigenvalue weighted by molar-refractivity contribution is 5.89. The van der Waals surface area contributed by atoms with Gasteiger partial charge in [-0.25, -0.2) is 4.79 Å². The topological polar surface area (TPSA) is 62.4 Å². The van der Waals surface area contributed by atoms with Crippen molar-refractivity contribution in [3.05, 3.63) is 29.8 Å². The zero-order valence-corrected chi connectivity index (χ0v) is 11.0. The largest absolute Gasteiger partial charge is 0.383 e. The van der Waals surface area contributed by atoms with Gasteiger partial charge >= 0.3 is 6.03 Å². The van der Waals surface area contributed by atoms with Crippen molar-refractivity contribution in [2.24, 2.45) is 0 Å². The Morgan fingerprint density at radius 1 is 1.28 bits per heavy atom. The van der Waals surface area contributed by atoms with Crippen molar-refractivity contribution < 1.29 is 9.53 Å². The first kappa shape index (κ1) is 14.5. The monoisotopic (exact) mass is 251 g/mol. The van der Waals surface area contributed by atoms with Gasteiger partial charge in [-0.1, -0.05) is 12.1 Å². The maximum absolute atomic E-state index is 11.5. The first-order valence-corrected chi connectivity index (χ1v) is 6.03. The Morgan fingerprint density at radius 3 is 2.83 bits per heavy atom. The fraction of sp³-hybridized carbons (Fsp3) is 0.462. The molecule has 2 amide bonds. The number of nitrogens with one attached hydrogen (secondary N) is 3. The number of aryl methyl sites for hydroxylation is 1. The smallest absolute Gasteiger partial charge is 0.319 e. The molecule has 0 radical (unpaired) electrons. The summed E-state index contributed by atoms with van der Waals surface area (Å²) in [6.07, 6.45) is 0. The highest BCUT2D eigenvalue weighted by Gasteiger charge is 2.00. The number of benzene rings is 1. The Morgan fingerprint density at radius 2 is 2.11 bits per heavy atom. The molecule has 1 aromatic carbocycles. The standard InChI is InChI=1S/C13H21N3O2/c1-11-4-3-5-12(10-11)16-13(17)15-7-6-14-8-9-18-2/h3-5,10,14H,6-9H2,1-2H3,(H2,15,16,17). The van der Waals surface area contributed by atoms with E-state index in [0.29, 0.717) is 13.2 Å². The van der Waals surface area contributed by atoms with Crippen LogP contribution in [0.3, 0.4) is 0 Å². The van der Waals surface area contributed by atoms with Crippen LogP contribution in [0.25, 0.3) is 0 Å². The number of ether oxygens (including phenoxy) is 1. The van der Waals surface area contributed by atoms with Gasteiger partial charge in [-0.15, -0.1) is 0 Å². The van der Waals surface area contributed by atoms with Crippen LogP contribution in [0.4, 0.5) is 10.5 Å². The van der Waals surface area contributed by atoms with E-state index in [1.165, 1.54) is 0 Å². The van der Waals surface area contributed by atoms with Crippen molar-refractivity contribution in [2.45, 2.75) is 6.92 Å². The lowest BCUT2D eigenvalue weighted by molar-refractivity contribution is 0.199. The molecule has 5 heteroatoms. The highest BCUT2D eigenvalue weighted by atomic mass is 16.5. The molecule has 0 atom stereocenters. The third kappa shape index (κ3) is 6.22. The van der Waals surface area contributed by atoms with Crippen molar-refractivity contribution in [3.63, 3.8) is 0 Å². The number of hydrogen-bond donors (Lipinski definition) is 3. The summed E-state index contributed by atoms with van der Waals surface area (Å²) < 4.78 is 4.90. The molecule has 1 rings (SSSR count). The summed E-state index contributed by atoms with van der Waals surface area (Å²) in [5.41, 5.74) is 1.92. The van der Waals surface area contributed by atoms with Gasteiger partial charge in [0, 0.05) is 32.4 Å². The number of urea groups is 1. The van der Waals surface area contributed by atoms with E-state index in [1.54, 1.807) is 7.11 Å². The predicted octanol–water partition coefficient (Wildman–Crippen LogP) is 1.35. The van der Waals surface area contributed by atoms with Crippen LogP contribution in [-0.2, 0) is 4.74 Å². The van der Waals surface area contributed by atoms with Gasteiger partial charge in [0.1, 0.15) is 0 Å². The molecule has 0 fully saturated rings. The Labute approximate surface area is 108 Å². The van der Waals surface area contributed by atoms with Crippen LogP contribution in [0.5, 0.6) is 0 Å². The van der Waals surface area contributed by atoms with E-state index < -0.39 is 0 Å². The average molecular weight is 251 g/mol. The summed E-state index contributed by atoms with van der Waals surface area (Å²) in [7, 11) is 1.66. The number of hydrogen-bond acceptors (Lipinski definition) is 3. The molecule has 0 unspecified atom stereocenters. The number of carbonyl (C=O) groups excluding carboxylic acids is 1. The number of carbonyl (C=O) groups is 1. The first-order valence-electron chi connectivity index (χ1n) is 6.03. The van der Waals surface area contributed by atoms with Gasteiger partial charge in [0.15, 0.2) is 0 Å². The number of rotatable bonds is 7. The van der Waals surface area contributed by atoms with E-state index in [0.717, 1.165) is 24.3 Å². The summed E-state index contributed by atoms with van der Waals surface area (Å²) in [6, 6.07) is 7.51. The number of anilines is 1. The van der Waals surface area contributed by atoms with Crippen LogP contribution in [0.15, 0.2) is 24.3 Å². The lowest BCUT2D eigenvalue weighted by Gasteiger charge is -2.08. The van der Waals surface area contributed by atoms with Gasteiger partial charge in [-0.3, -0.25) is 0 Å². The minimum absolute atomic E-state index is 0.186. The fourth-order valence-corrected chi connectivity index (χ4v) is 1.46. The summed E-state index contributed by atoms with van der Waals surface area (Å²) >= 11 is 0. The number of methoxy groups -OCH3 is 1. The van der Waals surface area contributed by atoms with Crippen LogP contribution in [0.1, 0.15) is 5.56 Å². The van der Waals surface area contributed by atoms with Gasteiger partial charge < -0.3 is 20.7 Å². The van der Waals surface area contributed by atoms with Crippen molar-refractivity contribution in [2.75, 3.05) is 38.7 Å². The normalized spacial score (nSPS) is 10.1. The second kappa shape index (κ2) is 8.49. The zero-order valence-electron chi connectivity index (χ0n) is 11.0. The quantitative estimate of drug-likeness (QED) is 0.641. The van der Waals surface area contributed by atoms with Gasteiger partial charge in [0.25, 0.3) is 0 Å². The minimum Gasteiger partial charge on any atom is -0.383 e. The van der Waals surface area contributed by atoms with E-state index in [-0.39, 0.29) is 6.03 Å². The van der Waals surface area contributed by atoms with Gasteiger partial charge in [0.2, 0.25) is 0 Å². The molecule has 100 valence electrons. The molecular weight excluding hydrogens is 230 g/mol. The average Bonchev–Trinajstić information content (AvgIpc) is 2.33. The highest BCUT2D eigenvalue weighted by Crippen LogP contribution is 2.08. The Balaban J connectivity index is 2.14.